The topological polar surface area (TPSA) is 24.7 Å². The van der Waals surface area contributed by atoms with E-state index in [4.69, 9.17) is 0 Å². The zero-order valence-corrected chi connectivity index (χ0v) is 18.4. The summed E-state index contributed by atoms with van der Waals surface area (Å²) in [5.74, 6) is 0. The van der Waals surface area contributed by atoms with Crippen molar-refractivity contribution in [2.24, 2.45) is 0 Å². The van der Waals surface area contributed by atoms with E-state index in [1.54, 1.807) is 0 Å². The van der Waals surface area contributed by atoms with E-state index in [1.807, 2.05) is 7.05 Å². The van der Waals surface area contributed by atoms with E-state index < -0.39 is 0 Å². The van der Waals surface area contributed by atoms with E-state index in [1.165, 1.54) is 116 Å². The molecule has 0 aliphatic heterocycles. The van der Waals surface area contributed by atoms with Gasteiger partial charge in [0.15, 0.2) is 0 Å². The summed E-state index contributed by atoms with van der Waals surface area (Å²) in [5, 5.41) is 10.6. The lowest BCUT2D eigenvalue weighted by molar-refractivity contribution is -1.09. The third kappa shape index (κ3) is 20.4. The summed E-state index contributed by atoms with van der Waals surface area (Å²) in [7, 11) is 1.92. The molecule has 1 atom stereocenters. The first-order valence-corrected chi connectivity index (χ1v) is 11.2. The van der Waals surface area contributed by atoms with Crippen LogP contribution in [0.1, 0.15) is 129 Å². The number of unbranched alkanes of at least 4 members (excludes halogenated alkanes) is 14. The van der Waals surface area contributed by atoms with Gasteiger partial charge in [0.05, 0.1) is 7.05 Å². The standard InChI is InChI=1S/C22H47NO.ClH/c1-4-6-8-10-12-14-16-18-20-22(23(3)24)21-19-17-15-13-11-9-7-5-2;/h22,24H,4-21H2,1-3H3;1H. The van der Waals surface area contributed by atoms with Crippen LogP contribution in [-0.4, -0.2) is 18.3 Å². The first-order chi connectivity index (χ1) is 11.7. The highest BCUT2D eigenvalue weighted by Gasteiger charge is 2.16. The first-order valence-electron chi connectivity index (χ1n) is 11.2. The van der Waals surface area contributed by atoms with Crippen LogP contribution in [0.2, 0.25) is 0 Å². The highest BCUT2D eigenvalue weighted by molar-refractivity contribution is 4.57. The second kappa shape index (κ2) is 22.3. The molecule has 0 amide bonds. The minimum atomic E-state index is 0. The molecule has 0 radical (unpaired) electrons. The molecule has 2 nitrogen and oxygen atoms in total. The van der Waals surface area contributed by atoms with Crippen LogP contribution in [-0.2, 0) is 0 Å². The van der Waals surface area contributed by atoms with Crippen LogP contribution >= 0.6 is 0 Å². The number of halogens is 1. The van der Waals surface area contributed by atoms with Gasteiger partial charge in [-0.25, -0.2) is 5.21 Å². The van der Waals surface area contributed by atoms with Gasteiger partial charge in [0, 0.05) is 12.8 Å². The minimum absolute atomic E-state index is 0. The molecule has 2 N–H and O–H groups in total. The van der Waals surface area contributed by atoms with Gasteiger partial charge in [-0.2, -0.15) is 5.06 Å². The Hall–Kier alpha value is 0.210. The highest BCUT2D eigenvalue weighted by atomic mass is 35.5. The van der Waals surface area contributed by atoms with Crippen molar-refractivity contribution >= 4 is 0 Å². The van der Waals surface area contributed by atoms with Gasteiger partial charge in [-0.1, -0.05) is 104 Å². The Morgan fingerprint density at radius 1 is 0.560 bits per heavy atom. The average Bonchev–Trinajstić information content (AvgIpc) is 2.57. The van der Waals surface area contributed by atoms with Crippen molar-refractivity contribution in [1.82, 2.24) is 0 Å². The summed E-state index contributed by atoms with van der Waals surface area (Å²) in [4.78, 5) is 0. The molecule has 0 heterocycles. The predicted molar refractivity (Wildman–Crippen MR) is 107 cm³/mol. The number of hydrogen-bond donors (Lipinski definition) is 2. The third-order valence-electron chi connectivity index (χ3n) is 5.40. The fourth-order valence-electron chi connectivity index (χ4n) is 3.61. The molecule has 0 fully saturated rings. The zero-order chi connectivity index (χ0) is 17.9. The average molecular weight is 378 g/mol. The molecule has 0 aromatic carbocycles. The van der Waals surface area contributed by atoms with Crippen LogP contribution < -0.4 is 17.5 Å². The summed E-state index contributed by atoms with van der Waals surface area (Å²) >= 11 is 0. The SMILES string of the molecule is CCCCCCCCCCC(CCCCCCCCCC)[NH+](C)O.[Cl-]. The lowest BCUT2D eigenvalue weighted by Crippen LogP contribution is -3.10. The molecule has 0 aliphatic rings. The molecular weight excluding hydrogens is 330 g/mol. The molecule has 0 spiro atoms. The van der Waals surface area contributed by atoms with Crippen molar-refractivity contribution in [2.45, 2.75) is 135 Å². The Bertz CT molecular complexity index is 216. The van der Waals surface area contributed by atoms with Gasteiger partial charge in [0.25, 0.3) is 0 Å². The van der Waals surface area contributed by atoms with Crippen LogP contribution in [0.4, 0.5) is 0 Å². The Balaban J connectivity index is 0. The largest absolute Gasteiger partial charge is 1.00 e. The predicted octanol–water partition coefficient (Wildman–Crippen LogP) is 3.32. The second-order valence-corrected chi connectivity index (χ2v) is 7.87. The normalized spacial score (nSPS) is 12.4. The Morgan fingerprint density at radius 2 is 0.840 bits per heavy atom. The van der Waals surface area contributed by atoms with Crippen molar-refractivity contribution in [3.8, 4) is 0 Å². The van der Waals surface area contributed by atoms with Crippen molar-refractivity contribution in [1.29, 1.82) is 0 Å². The van der Waals surface area contributed by atoms with Gasteiger partial charge >= 0.3 is 0 Å². The van der Waals surface area contributed by atoms with E-state index in [-0.39, 0.29) is 12.4 Å². The summed E-state index contributed by atoms with van der Waals surface area (Å²) in [6.45, 7) is 4.56. The lowest BCUT2D eigenvalue weighted by atomic mass is 9.99. The van der Waals surface area contributed by atoms with Crippen LogP contribution in [0.3, 0.4) is 0 Å². The van der Waals surface area contributed by atoms with Crippen molar-refractivity contribution in [3.63, 3.8) is 0 Å². The molecule has 0 saturated carbocycles. The number of hydrogen-bond acceptors (Lipinski definition) is 1. The molecule has 154 valence electrons. The molecule has 1 unspecified atom stereocenters. The van der Waals surface area contributed by atoms with E-state index in [0.29, 0.717) is 11.1 Å². The van der Waals surface area contributed by atoms with Crippen molar-refractivity contribution in [3.05, 3.63) is 0 Å². The molecule has 0 aromatic heterocycles. The van der Waals surface area contributed by atoms with Crippen LogP contribution in [0.15, 0.2) is 0 Å². The minimum Gasteiger partial charge on any atom is -1.00 e. The van der Waals surface area contributed by atoms with Crippen LogP contribution in [0.25, 0.3) is 0 Å². The van der Waals surface area contributed by atoms with Gasteiger partial charge in [-0.05, 0) is 12.8 Å². The number of hydroxylamine groups is 2. The quantitative estimate of drug-likeness (QED) is 0.262. The monoisotopic (exact) mass is 377 g/mol. The summed E-state index contributed by atoms with van der Waals surface area (Å²) in [6.07, 6.45) is 24.5. The molecule has 0 rings (SSSR count). The summed E-state index contributed by atoms with van der Waals surface area (Å²) in [5.41, 5.74) is 0. The van der Waals surface area contributed by atoms with E-state index in [2.05, 4.69) is 13.8 Å². The zero-order valence-electron chi connectivity index (χ0n) is 17.6. The molecule has 0 bridgehead atoms. The van der Waals surface area contributed by atoms with E-state index >= 15 is 0 Å². The molecule has 0 saturated heterocycles. The number of quaternary nitrogens is 1. The molecular formula is C22H48ClNO. The number of nitrogens with one attached hydrogen (secondary N) is 1. The smallest absolute Gasteiger partial charge is 0.117 e. The maximum atomic E-state index is 9.93. The van der Waals surface area contributed by atoms with Gasteiger partial charge in [-0.15, -0.1) is 0 Å². The summed E-state index contributed by atoms with van der Waals surface area (Å²) < 4.78 is 0. The van der Waals surface area contributed by atoms with Gasteiger partial charge < -0.3 is 12.4 Å². The Morgan fingerprint density at radius 3 is 1.12 bits per heavy atom. The van der Waals surface area contributed by atoms with Gasteiger partial charge in [0.2, 0.25) is 0 Å². The molecule has 25 heavy (non-hydrogen) atoms. The maximum absolute atomic E-state index is 9.93. The molecule has 0 aliphatic carbocycles. The maximum Gasteiger partial charge on any atom is 0.117 e. The van der Waals surface area contributed by atoms with Gasteiger partial charge in [0.1, 0.15) is 6.04 Å². The third-order valence-corrected chi connectivity index (χ3v) is 5.40. The molecule has 0 aromatic rings. The van der Waals surface area contributed by atoms with E-state index in [9.17, 15) is 5.21 Å². The van der Waals surface area contributed by atoms with Crippen molar-refractivity contribution in [2.75, 3.05) is 7.05 Å². The number of rotatable bonds is 19. The second-order valence-electron chi connectivity index (χ2n) is 7.87. The Labute approximate surface area is 165 Å². The highest BCUT2D eigenvalue weighted by Crippen LogP contribution is 2.14. The van der Waals surface area contributed by atoms with E-state index in [0.717, 1.165) is 0 Å². The lowest BCUT2D eigenvalue weighted by Gasteiger charge is -2.18. The fourth-order valence-corrected chi connectivity index (χ4v) is 3.61. The fraction of sp³-hybridized carbons (Fsp3) is 1.00. The van der Waals surface area contributed by atoms with Gasteiger partial charge in [-0.3, -0.25) is 0 Å². The Kier molecular flexibility index (Phi) is 24.4. The van der Waals surface area contributed by atoms with Crippen LogP contribution in [0.5, 0.6) is 0 Å². The van der Waals surface area contributed by atoms with Crippen LogP contribution in [0, 0.1) is 0 Å². The van der Waals surface area contributed by atoms with Crippen molar-refractivity contribution < 1.29 is 22.7 Å². The first kappa shape index (κ1) is 27.4. The summed E-state index contributed by atoms with van der Waals surface area (Å²) in [6, 6.07) is 0.463. The molecule has 3 heteroatoms.